The quantitative estimate of drug-likeness (QED) is 0.218. The van der Waals surface area contributed by atoms with Gasteiger partial charge in [-0.15, -0.1) is 12.1 Å². The average Bonchev–Trinajstić information content (AvgIpc) is 3.25. The van der Waals surface area contributed by atoms with Crippen LogP contribution < -0.4 is 44.3 Å². The number of hydrogen-bond donors (Lipinski definition) is 2. The first kappa shape index (κ1) is 30.0. The van der Waals surface area contributed by atoms with Crippen molar-refractivity contribution in [2.45, 2.75) is 13.5 Å². The van der Waals surface area contributed by atoms with Gasteiger partial charge < -0.3 is 19.9 Å². The molecule has 4 aromatic rings. The molecule has 0 aliphatic carbocycles. The molecule has 192 valence electrons. The van der Waals surface area contributed by atoms with E-state index in [9.17, 15) is 4.79 Å². The maximum absolute atomic E-state index is 12.7. The number of methoxy groups -OCH3 is 1. The molecule has 0 atom stereocenters. The van der Waals surface area contributed by atoms with E-state index in [0.717, 1.165) is 40.3 Å². The summed E-state index contributed by atoms with van der Waals surface area (Å²) in [5.41, 5.74) is 2.58. The fraction of sp³-hybridized carbons (Fsp3) is 0.100. The van der Waals surface area contributed by atoms with E-state index in [4.69, 9.17) is 19.4 Å². The van der Waals surface area contributed by atoms with Crippen molar-refractivity contribution in [2.75, 3.05) is 7.11 Å². The zero-order valence-electron chi connectivity index (χ0n) is 21.8. The van der Waals surface area contributed by atoms with Crippen LogP contribution in [0, 0.1) is 6.07 Å². The summed E-state index contributed by atoms with van der Waals surface area (Å²) in [6.07, 6.45) is 1.86. The number of carbonyl (C=O) groups is 2. The standard InChI is InChI=1S/C28H21N2O3S.C2H4O2.Na/c1-32-24-13-7-8-19(14-24)18-33-25-16-21-10-6-5-9-20(21)15-22(25)17-26-27(31)30-28(34-26)29-23-11-3-2-4-12-23;1-2(3)4;/h3-17H,18H2,1H3,(H,29,30,31);1H3,(H,3,4);/q-1;;+1. The van der Waals surface area contributed by atoms with Crippen LogP contribution in [0.25, 0.3) is 16.8 Å². The molecule has 0 saturated carbocycles. The van der Waals surface area contributed by atoms with Crippen molar-refractivity contribution in [3.63, 3.8) is 0 Å². The number of amides is 1. The molecule has 1 heterocycles. The minimum Gasteiger partial charge on any atom is -0.497 e. The zero-order valence-corrected chi connectivity index (χ0v) is 24.6. The maximum Gasteiger partial charge on any atom is 1.00 e. The van der Waals surface area contributed by atoms with Crippen molar-refractivity contribution in [3.05, 3.63) is 107 Å². The van der Waals surface area contributed by atoms with Gasteiger partial charge in [-0.3, -0.25) is 14.6 Å². The molecule has 1 fully saturated rings. The first-order valence-corrected chi connectivity index (χ1v) is 12.5. The van der Waals surface area contributed by atoms with E-state index in [-0.39, 0.29) is 35.5 Å². The smallest absolute Gasteiger partial charge is 0.497 e. The van der Waals surface area contributed by atoms with Crippen molar-refractivity contribution in [1.82, 2.24) is 5.32 Å². The number of carboxylic acid groups (broad SMARTS) is 1. The Balaban J connectivity index is 0.000000788. The number of rotatable bonds is 6. The molecule has 7 nitrogen and oxygen atoms in total. The van der Waals surface area contributed by atoms with Crippen molar-refractivity contribution in [3.8, 4) is 11.5 Å². The fourth-order valence-electron chi connectivity index (χ4n) is 3.59. The van der Waals surface area contributed by atoms with E-state index in [1.165, 1.54) is 11.8 Å². The van der Waals surface area contributed by atoms with Gasteiger partial charge in [0.25, 0.3) is 11.9 Å². The van der Waals surface area contributed by atoms with E-state index in [2.05, 4.69) is 16.4 Å². The molecule has 1 aliphatic heterocycles. The minimum atomic E-state index is -0.833. The summed E-state index contributed by atoms with van der Waals surface area (Å²) < 4.78 is 11.5. The van der Waals surface area contributed by atoms with Gasteiger partial charge in [0.05, 0.1) is 12.0 Å². The van der Waals surface area contributed by atoms with Crippen molar-refractivity contribution in [1.29, 1.82) is 0 Å². The predicted octanol–water partition coefficient (Wildman–Crippen LogP) is 3.21. The Bertz CT molecular complexity index is 1520. The van der Waals surface area contributed by atoms with Gasteiger partial charge in [-0.25, -0.2) is 0 Å². The van der Waals surface area contributed by atoms with Gasteiger partial charge in [-0.1, -0.05) is 36.4 Å². The van der Waals surface area contributed by atoms with Crippen LogP contribution in [-0.2, 0) is 16.2 Å². The Morgan fingerprint density at radius 1 is 1.05 bits per heavy atom. The molecule has 9 heteroatoms. The van der Waals surface area contributed by atoms with Crippen LogP contribution in [-0.4, -0.2) is 29.3 Å². The van der Waals surface area contributed by atoms with Crippen LogP contribution >= 0.6 is 11.8 Å². The third-order valence-corrected chi connectivity index (χ3v) is 6.19. The number of hydrogen-bond acceptors (Lipinski definition) is 6. The molecule has 0 aromatic heterocycles. The molecule has 39 heavy (non-hydrogen) atoms. The number of carboxylic acids is 1. The number of thioether (sulfide) groups is 1. The summed E-state index contributed by atoms with van der Waals surface area (Å²) in [6, 6.07) is 30.1. The number of benzene rings is 4. The van der Waals surface area contributed by atoms with Crippen molar-refractivity contribution in [2.24, 2.45) is 4.99 Å². The molecule has 0 unspecified atom stereocenters. The molecular formula is C30H25N2NaO5S. The van der Waals surface area contributed by atoms with E-state index in [1.807, 2.05) is 78.9 Å². The summed E-state index contributed by atoms with van der Waals surface area (Å²) in [5, 5.41) is 12.9. The molecule has 0 spiro atoms. The third kappa shape index (κ3) is 8.73. The Morgan fingerprint density at radius 2 is 1.74 bits per heavy atom. The zero-order chi connectivity index (χ0) is 26.9. The van der Waals surface area contributed by atoms with Gasteiger partial charge in [0.15, 0.2) is 5.17 Å². The molecule has 2 N–H and O–H groups in total. The van der Waals surface area contributed by atoms with E-state index >= 15 is 0 Å². The number of amidine groups is 1. The Morgan fingerprint density at radius 3 is 2.44 bits per heavy atom. The van der Waals surface area contributed by atoms with Crippen molar-refractivity contribution < 1.29 is 53.7 Å². The SMILES string of the molecule is CC(=O)O.COc1cccc(COc2cc3ccccc3cc2C=C2SC(=Nc3cc[c-]cc3)NC2=O)c1.[Na+]. The van der Waals surface area contributed by atoms with Crippen LogP contribution in [0.2, 0.25) is 0 Å². The third-order valence-electron chi connectivity index (χ3n) is 5.28. The van der Waals surface area contributed by atoms with E-state index < -0.39 is 5.97 Å². The normalized spacial score (nSPS) is 14.3. The Kier molecular flexibility index (Phi) is 11.2. The molecule has 0 radical (unpaired) electrons. The topological polar surface area (TPSA) is 97.2 Å². The summed E-state index contributed by atoms with van der Waals surface area (Å²) in [5.74, 6) is 0.466. The summed E-state index contributed by atoms with van der Waals surface area (Å²) in [6.45, 7) is 1.46. The fourth-order valence-corrected chi connectivity index (χ4v) is 4.42. The second-order valence-electron chi connectivity index (χ2n) is 8.14. The monoisotopic (exact) mass is 548 g/mol. The van der Waals surface area contributed by atoms with Crippen LogP contribution in [0.1, 0.15) is 18.1 Å². The number of aliphatic carboxylic acids is 1. The first-order chi connectivity index (χ1) is 18.4. The van der Waals surface area contributed by atoms with Gasteiger partial charge in [-0.05, 0) is 64.1 Å². The van der Waals surface area contributed by atoms with Crippen LogP contribution in [0.5, 0.6) is 11.5 Å². The number of nitrogens with one attached hydrogen (secondary N) is 1. The number of aliphatic imine (C=N–C) groups is 1. The van der Waals surface area contributed by atoms with Gasteiger partial charge >= 0.3 is 29.6 Å². The number of fused-ring (bicyclic) bond motifs is 1. The Hall–Kier alpha value is -3.56. The van der Waals surface area contributed by atoms with Crippen molar-refractivity contribution >= 4 is 51.3 Å². The van der Waals surface area contributed by atoms with E-state index in [1.54, 1.807) is 19.2 Å². The van der Waals surface area contributed by atoms with Crippen LogP contribution in [0.15, 0.2) is 94.8 Å². The largest absolute Gasteiger partial charge is 1.00 e. The molecule has 4 aromatic carbocycles. The number of nitrogens with zero attached hydrogens (tertiary/aromatic N) is 1. The van der Waals surface area contributed by atoms with Crippen LogP contribution in [0.3, 0.4) is 0 Å². The van der Waals surface area contributed by atoms with Gasteiger partial charge in [-0.2, -0.15) is 18.2 Å². The first-order valence-electron chi connectivity index (χ1n) is 11.6. The van der Waals surface area contributed by atoms with E-state index in [0.29, 0.717) is 22.4 Å². The predicted molar refractivity (Wildman–Crippen MR) is 151 cm³/mol. The molecule has 1 saturated heterocycles. The molecule has 1 amide bonds. The number of carbonyl (C=O) groups excluding carboxylic acids is 1. The van der Waals surface area contributed by atoms with Crippen LogP contribution in [0.4, 0.5) is 5.69 Å². The van der Waals surface area contributed by atoms with Gasteiger partial charge in [0.1, 0.15) is 18.1 Å². The molecule has 0 bridgehead atoms. The van der Waals surface area contributed by atoms with Gasteiger partial charge in [0, 0.05) is 12.5 Å². The summed E-state index contributed by atoms with van der Waals surface area (Å²) in [4.78, 5) is 26.7. The minimum absolute atomic E-state index is 0. The van der Waals surface area contributed by atoms with Gasteiger partial charge in [0.2, 0.25) is 0 Å². The molecule has 1 aliphatic rings. The summed E-state index contributed by atoms with van der Waals surface area (Å²) in [7, 11) is 1.64. The second-order valence-corrected chi connectivity index (χ2v) is 9.17. The molecule has 5 rings (SSSR count). The number of ether oxygens (including phenoxy) is 2. The second kappa shape index (κ2) is 14.6. The summed E-state index contributed by atoms with van der Waals surface area (Å²) >= 11 is 1.31. The molecular weight excluding hydrogens is 523 g/mol. The average molecular weight is 549 g/mol. The Labute approximate surface area is 253 Å². The maximum atomic E-state index is 12.7.